The van der Waals surface area contributed by atoms with Crippen LogP contribution in [0.4, 0.5) is 18.9 Å². The summed E-state index contributed by atoms with van der Waals surface area (Å²) < 4.78 is 37.6. The van der Waals surface area contributed by atoms with Crippen LogP contribution in [0.5, 0.6) is 0 Å². The number of nitrogens with two attached hydrogens (primary N) is 1. The smallest absolute Gasteiger partial charge is 0.398 e. The lowest BCUT2D eigenvalue weighted by molar-refractivity contribution is -0.137. The molecule has 1 fully saturated rings. The largest absolute Gasteiger partial charge is 0.416 e. The van der Waals surface area contributed by atoms with Gasteiger partial charge in [0.15, 0.2) is 0 Å². The molecule has 5 heteroatoms. The zero-order chi connectivity index (χ0) is 14.0. The molecule has 0 saturated heterocycles. The van der Waals surface area contributed by atoms with Crippen LogP contribution in [0, 0.1) is 5.92 Å². The minimum absolute atomic E-state index is 0.0212. The number of aliphatic hydroxyl groups excluding tert-OH is 1. The molecule has 1 aromatic rings. The van der Waals surface area contributed by atoms with Crippen molar-refractivity contribution in [2.24, 2.45) is 5.92 Å². The number of rotatable bonds is 2. The molecule has 0 heterocycles. The van der Waals surface area contributed by atoms with E-state index in [1.54, 1.807) is 0 Å². The number of alkyl halides is 3. The van der Waals surface area contributed by atoms with E-state index in [9.17, 15) is 18.3 Å². The SMILES string of the molecule is Nc1cc(C(F)(F)F)ccc1C(O)C1CCCCC1. The number of halogens is 3. The quantitative estimate of drug-likeness (QED) is 0.803. The topological polar surface area (TPSA) is 46.2 Å². The predicted molar refractivity (Wildman–Crippen MR) is 67.4 cm³/mol. The molecule has 1 saturated carbocycles. The molecule has 1 aromatic carbocycles. The Labute approximate surface area is 110 Å². The molecule has 0 amide bonds. The number of anilines is 1. The van der Waals surface area contributed by atoms with E-state index in [1.165, 1.54) is 6.07 Å². The molecule has 1 unspecified atom stereocenters. The normalized spacial score (nSPS) is 19.4. The van der Waals surface area contributed by atoms with Crippen molar-refractivity contribution >= 4 is 5.69 Å². The molecular weight excluding hydrogens is 255 g/mol. The van der Waals surface area contributed by atoms with Gasteiger partial charge in [-0.3, -0.25) is 0 Å². The van der Waals surface area contributed by atoms with Crippen LogP contribution in [0.25, 0.3) is 0 Å². The Morgan fingerprint density at radius 3 is 2.32 bits per heavy atom. The van der Waals surface area contributed by atoms with Crippen LogP contribution >= 0.6 is 0 Å². The first-order valence-corrected chi connectivity index (χ1v) is 6.54. The summed E-state index contributed by atoms with van der Waals surface area (Å²) in [5.41, 5.74) is 5.33. The van der Waals surface area contributed by atoms with E-state index >= 15 is 0 Å². The Balaban J connectivity index is 2.20. The minimum Gasteiger partial charge on any atom is -0.398 e. The molecule has 19 heavy (non-hydrogen) atoms. The van der Waals surface area contributed by atoms with Gasteiger partial charge in [-0.25, -0.2) is 0 Å². The molecule has 106 valence electrons. The van der Waals surface area contributed by atoms with Gasteiger partial charge in [-0.15, -0.1) is 0 Å². The van der Waals surface area contributed by atoms with E-state index in [0.29, 0.717) is 5.56 Å². The lowest BCUT2D eigenvalue weighted by Crippen LogP contribution is -2.17. The molecule has 1 aliphatic rings. The van der Waals surface area contributed by atoms with Crippen molar-refractivity contribution in [1.29, 1.82) is 0 Å². The van der Waals surface area contributed by atoms with Gasteiger partial charge in [0, 0.05) is 11.3 Å². The Morgan fingerprint density at radius 1 is 1.16 bits per heavy atom. The first kappa shape index (κ1) is 14.2. The summed E-state index contributed by atoms with van der Waals surface area (Å²) in [7, 11) is 0. The van der Waals surface area contributed by atoms with Crippen molar-refractivity contribution < 1.29 is 18.3 Å². The molecule has 1 atom stereocenters. The van der Waals surface area contributed by atoms with Gasteiger partial charge in [0.05, 0.1) is 11.7 Å². The van der Waals surface area contributed by atoms with Crippen LogP contribution in [0.15, 0.2) is 18.2 Å². The molecule has 0 aliphatic heterocycles. The highest BCUT2D eigenvalue weighted by molar-refractivity contribution is 5.51. The van der Waals surface area contributed by atoms with E-state index in [2.05, 4.69) is 0 Å². The van der Waals surface area contributed by atoms with Gasteiger partial charge < -0.3 is 10.8 Å². The van der Waals surface area contributed by atoms with Gasteiger partial charge in [0.25, 0.3) is 0 Å². The standard InChI is InChI=1S/C14H18F3NO/c15-14(16,17)10-6-7-11(12(18)8-10)13(19)9-4-2-1-3-5-9/h6-9,13,19H,1-5,18H2. The van der Waals surface area contributed by atoms with Crippen LogP contribution in [0.1, 0.15) is 49.3 Å². The summed E-state index contributed by atoms with van der Waals surface area (Å²) in [6, 6.07) is 3.19. The lowest BCUT2D eigenvalue weighted by Gasteiger charge is -2.27. The zero-order valence-corrected chi connectivity index (χ0v) is 10.6. The van der Waals surface area contributed by atoms with Gasteiger partial charge in [-0.1, -0.05) is 25.3 Å². The zero-order valence-electron chi connectivity index (χ0n) is 10.6. The Morgan fingerprint density at radius 2 is 1.79 bits per heavy atom. The first-order chi connectivity index (χ1) is 8.89. The van der Waals surface area contributed by atoms with E-state index < -0.39 is 17.8 Å². The van der Waals surface area contributed by atoms with E-state index in [0.717, 1.165) is 44.2 Å². The fraction of sp³-hybridized carbons (Fsp3) is 0.571. The molecule has 2 rings (SSSR count). The molecule has 1 aliphatic carbocycles. The van der Waals surface area contributed by atoms with Gasteiger partial charge >= 0.3 is 6.18 Å². The summed E-state index contributed by atoms with van der Waals surface area (Å²) in [6.45, 7) is 0. The maximum Gasteiger partial charge on any atom is 0.416 e. The Hall–Kier alpha value is -1.23. The van der Waals surface area contributed by atoms with Crippen LogP contribution in [-0.2, 0) is 6.18 Å². The van der Waals surface area contributed by atoms with Crippen molar-refractivity contribution in [3.8, 4) is 0 Å². The second kappa shape index (κ2) is 5.41. The second-order valence-electron chi connectivity index (χ2n) is 5.18. The van der Waals surface area contributed by atoms with E-state index in [1.807, 2.05) is 0 Å². The third-order valence-electron chi connectivity index (χ3n) is 3.83. The highest BCUT2D eigenvalue weighted by Gasteiger charge is 2.32. The predicted octanol–water partition coefficient (Wildman–Crippen LogP) is 3.90. The molecule has 3 N–H and O–H groups in total. The number of nitrogen functional groups attached to an aromatic ring is 1. The fourth-order valence-corrected chi connectivity index (χ4v) is 2.72. The number of benzene rings is 1. The average Bonchev–Trinajstić information content (AvgIpc) is 2.38. The van der Waals surface area contributed by atoms with Gasteiger partial charge in [0.1, 0.15) is 0 Å². The molecular formula is C14H18F3NO. The average molecular weight is 273 g/mol. The van der Waals surface area contributed by atoms with Crippen molar-refractivity contribution in [2.75, 3.05) is 5.73 Å². The van der Waals surface area contributed by atoms with Gasteiger partial charge in [-0.2, -0.15) is 13.2 Å². The van der Waals surface area contributed by atoms with Crippen molar-refractivity contribution in [1.82, 2.24) is 0 Å². The number of hydrogen-bond donors (Lipinski definition) is 2. The maximum absolute atomic E-state index is 12.5. The van der Waals surface area contributed by atoms with Crippen molar-refractivity contribution in [3.05, 3.63) is 29.3 Å². The lowest BCUT2D eigenvalue weighted by atomic mass is 9.82. The minimum atomic E-state index is -4.40. The summed E-state index contributed by atoms with van der Waals surface area (Å²) in [5.74, 6) is 0.104. The summed E-state index contributed by atoms with van der Waals surface area (Å²) >= 11 is 0. The molecule has 0 radical (unpaired) electrons. The summed E-state index contributed by atoms with van der Waals surface area (Å²) in [4.78, 5) is 0. The van der Waals surface area contributed by atoms with Gasteiger partial charge in [-0.05, 0) is 30.9 Å². The van der Waals surface area contributed by atoms with Crippen LogP contribution in [0.3, 0.4) is 0 Å². The highest BCUT2D eigenvalue weighted by Crippen LogP contribution is 2.38. The molecule has 0 bridgehead atoms. The van der Waals surface area contributed by atoms with Gasteiger partial charge in [0.2, 0.25) is 0 Å². The van der Waals surface area contributed by atoms with E-state index in [-0.39, 0.29) is 11.6 Å². The summed E-state index contributed by atoms with van der Waals surface area (Å²) in [6.07, 6.45) is -0.0790. The molecule has 0 aromatic heterocycles. The van der Waals surface area contributed by atoms with Crippen LogP contribution in [-0.4, -0.2) is 5.11 Å². The van der Waals surface area contributed by atoms with Crippen molar-refractivity contribution in [3.63, 3.8) is 0 Å². The highest BCUT2D eigenvalue weighted by atomic mass is 19.4. The summed E-state index contributed by atoms with van der Waals surface area (Å²) in [5, 5.41) is 10.3. The molecule has 0 spiro atoms. The van der Waals surface area contributed by atoms with Crippen molar-refractivity contribution in [2.45, 2.75) is 44.4 Å². The fourth-order valence-electron chi connectivity index (χ4n) is 2.72. The third kappa shape index (κ3) is 3.21. The maximum atomic E-state index is 12.5. The van der Waals surface area contributed by atoms with Crippen LogP contribution < -0.4 is 5.73 Å². The number of aliphatic hydroxyl groups is 1. The second-order valence-corrected chi connectivity index (χ2v) is 5.18. The third-order valence-corrected chi connectivity index (χ3v) is 3.83. The Bertz CT molecular complexity index is 439. The Kier molecular flexibility index (Phi) is 4.04. The van der Waals surface area contributed by atoms with E-state index in [4.69, 9.17) is 5.73 Å². The monoisotopic (exact) mass is 273 g/mol. The first-order valence-electron chi connectivity index (χ1n) is 6.54. The number of hydrogen-bond acceptors (Lipinski definition) is 2. The van der Waals surface area contributed by atoms with Crippen LogP contribution in [0.2, 0.25) is 0 Å². The molecule has 2 nitrogen and oxygen atoms in total.